The van der Waals surface area contributed by atoms with Gasteiger partial charge < -0.3 is 5.11 Å². The smallest absolute Gasteiger partial charge is 0.184 e. The van der Waals surface area contributed by atoms with Gasteiger partial charge in [-0.15, -0.1) is 0 Å². The van der Waals surface area contributed by atoms with Gasteiger partial charge in [-0.05, 0) is 11.5 Å². The Hall–Kier alpha value is -0.630. The summed E-state index contributed by atoms with van der Waals surface area (Å²) in [6.07, 6.45) is 0.223. The van der Waals surface area contributed by atoms with Gasteiger partial charge in [0.25, 0.3) is 0 Å². The molecule has 0 bridgehead atoms. The lowest BCUT2D eigenvalue weighted by atomic mass is 9.87. The molecule has 0 saturated carbocycles. The van der Waals surface area contributed by atoms with Crippen molar-refractivity contribution in [2.24, 2.45) is 5.41 Å². The van der Waals surface area contributed by atoms with Crippen LogP contribution in [0.15, 0.2) is 12.7 Å². The predicted molar refractivity (Wildman–Crippen MR) is 40.7 cm³/mol. The van der Waals surface area contributed by atoms with Crippen LogP contribution >= 0.6 is 0 Å². The van der Waals surface area contributed by atoms with E-state index in [1.165, 1.54) is 0 Å². The molecule has 2 heteroatoms. The number of ketones is 1. The highest BCUT2D eigenvalue weighted by Crippen LogP contribution is 2.19. The highest BCUT2D eigenvalue weighted by molar-refractivity contribution is 5.93. The van der Waals surface area contributed by atoms with Crippen molar-refractivity contribution in [1.29, 1.82) is 0 Å². The number of hydrogen-bond donors (Lipinski definition) is 1. The van der Waals surface area contributed by atoms with Crippen molar-refractivity contribution < 1.29 is 9.90 Å². The third-order valence-electron chi connectivity index (χ3n) is 1.29. The number of carbonyl (C=O) groups is 1. The average molecular weight is 142 g/mol. The largest absolute Gasteiger partial charge is 0.384 e. The van der Waals surface area contributed by atoms with Crippen LogP contribution in [-0.2, 0) is 4.79 Å². The zero-order chi connectivity index (χ0) is 8.36. The molecule has 1 unspecified atom stereocenters. The van der Waals surface area contributed by atoms with Gasteiger partial charge in [0.2, 0.25) is 0 Å². The van der Waals surface area contributed by atoms with Crippen molar-refractivity contribution in [2.75, 3.05) is 0 Å². The quantitative estimate of drug-likeness (QED) is 0.587. The first-order valence-corrected chi connectivity index (χ1v) is 3.24. The van der Waals surface area contributed by atoms with E-state index in [1.807, 2.05) is 0 Å². The zero-order valence-electron chi connectivity index (χ0n) is 6.72. The van der Waals surface area contributed by atoms with Crippen LogP contribution in [0.5, 0.6) is 0 Å². The van der Waals surface area contributed by atoms with Gasteiger partial charge in [0, 0.05) is 0 Å². The average Bonchev–Trinajstić information content (AvgIpc) is 1.83. The minimum absolute atomic E-state index is 0.312. The van der Waals surface area contributed by atoms with Gasteiger partial charge in [0.15, 0.2) is 5.78 Å². The summed E-state index contributed by atoms with van der Waals surface area (Å²) in [6, 6.07) is 0. The third kappa shape index (κ3) is 2.31. The van der Waals surface area contributed by atoms with Gasteiger partial charge in [-0.3, -0.25) is 4.79 Å². The highest BCUT2D eigenvalue weighted by Gasteiger charge is 2.26. The molecule has 0 radical (unpaired) electrons. The third-order valence-corrected chi connectivity index (χ3v) is 1.29. The van der Waals surface area contributed by atoms with Gasteiger partial charge in [0.05, 0.1) is 0 Å². The number of aliphatic hydroxyl groups excluding tert-OH is 1. The molecule has 0 aromatic heterocycles. The van der Waals surface area contributed by atoms with Crippen LogP contribution in [0, 0.1) is 5.41 Å². The fraction of sp³-hybridized carbons (Fsp3) is 0.625. The fourth-order valence-electron chi connectivity index (χ4n) is 0.538. The molecular weight excluding hydrogens is 128 g/mol. The van der Waals surface area contributed by atoms with E-state index < -0.39 is 6.10 Å². The van der Waals surface area contributed by atoms with Crippen LogP contribution in [0.4, 0.5) is 0 Å². The Morgan fingerprint density at radius 3 is 2.10 bits per heavy atom. The Morgan fingerprint density at radius 2 is 2.00 bits per heavy atom. The number of carbonyl (C=O) groups excluding carboxylic acids is 1. The van der Waals surface area contributed by atoms with E-state index in [0.717, 1.165) is 6.08 Å². The van der Waals surface area contributed by atoms with Gasteiger partial charge in [-0.1, -0.05) is 27.4 Å². The molecule has 0 fully saturated rings. The molecule has 0 aromatic carbocycles. The maximum atomic E-state index is 10.8. The first-order chi connectivity index (χ1) is 4.39. The summed E-state index contributed by atoms with van der Waals surface area (Å²) in [6.45, 7) is 8.70. The van der Waals surface area contributed by atoms with E-state index in [-0.39, 0.29) is 11.2 Å². The monoisotopic (exact) mass is 142 g/mol. The SMILES string of the molecule is C=CC(=O)C(O)C(C)(C)C. The second-order valence-electron chi connectivity index (χ2n) is 3.38. The molecular formula is C8H14O2. The Morgan fingerprint density at radius 1 is 1.60 bits per heavy atom. The molecule has 2 nitrogen and oxygen atoms in total. The lowest BCUT2D eigenvalue weighted by Gasteiger charge is -2.22. The van der Waals surface area contributed by atoms with Crippen LogP contribution in [0.25, 0.3) is 0 Å². The molecule has 1 atom stereocenters. The van der Waals surface area contributed by atoms with E-state index in [0.29, 0.717) is 0 Å². The highest BCUT2D eigenvalue weighted by atomic mass is 16.3. The van der Waals surface area contributed by atoms with E-state index in [2.05, 4.69) is 6.58 Å². The summed E-state index contributed by atoms with van der Waals surface area (Å²) in [5.74, 6) is -0.312. The standard InChI is InChI=1S/C8H14O2/c1-5-6(9)7(10)8(2,3)4/h5,7,10H,1H2,2-4H3. The topological polar surface area (TPSA) is 37.3 Å². The first-order valence-electron chi connectivity index (χ1n) is 3.24. The van der Waals surface area contributed by atoms with Crippen LogP contribution in [0.3, 0.4) is 0 Å². The molecule has 0 saturated heterocycles. The summed E-state index contributed by atoms with van der Waals surface area (Å²) in [4.78, 5) is 10.8. The van der Waals surface area contributed by atoms with Crippen LogP contribution < -0.4 is 0 Å². The summed E-state index contributed by atoms with van der Waals surface area (Å²) >= 11 is 0. The van der Waals surface area contributed by atoms with Crippen LogP contribution in [0.2, 0.25) is 0 Å². The van der Waals surface area contributed by atoms with Crippen molar-refractivity contribution in [3.05, 3.63) is 12.7 Å². The first kappa shape index (κ1) is 9.37. The van der Waals surface area contributed by atoms with Gasteiger partial charge >= 0.3 is 0 Å². The Balaban J connectivity index is 4.21. The maximum Gasteiger partial charge on any atom is 0.184 e. The summed E-state index contributed by atoms with van der Waals surface area (Å²) in [7, 11) is 0. The molecule has 10 heavy (non-hydrogen) atoms. The molecule has 1 N–H and O–H groups in total. The molecule has 0 amide bonds. The van der Waals surface area contributed by atoms with Crippen LogP contribution in [-0.4, -0.2) is 17.0 Å². The van der Waals surface area contributed by atoms with Crippen molar-refractivity contribution in [1.82, 2.24) is 0 Å². The Bertz CT molecular complexity index is 142. The van der Waals surface area contributed by atoms with E-state index >= 15 is 0 Å². The number of hydrogen-bond acceptors (Lipinski definition) is 2. The molecule has 0 aliphatic rings. The predicted octanol–water partition coefficient (Wildman–Crippen LogP) is 1.15. The lowest BCUT2D eigenvalue weighted by Crippen LogP contribution is -2.32. The van der Waals surface area contributed by atoms with Crippen LogP contribution in [0.1, 0.15) is 20.8 Å². The van der Waals surface area contributed by atoms with Crippen molar-refractivity contribution in [3.8, 4) is 0 Å². The molecule has 0 aliphatic heterocycles. The van der Waals surface area contributed by atoms with Crippen molar-refractivity contribution >= 4 is 5.78 Å². The van der Waals surface area contributed by atoms with E-state index in [1.54, 1.807) is 20.8 Å². The molecule has 58 valence electrons. The lowest BCUT2D eigenvalue weighted by molar-refractivity contribution is -0.127. The second kappa shape index (κ2) is 2.97. The maximum absolute atomic E-state index is 10.8. The summed E-state index contributed by atoms with van der Waals surface area (Å²) in [5.41, 5.74) is -0.384. The molecule has 0 aliphatic carbocycles. The van der Waals surface area contributed by atoms with Gasteiger partial charge in [-0.25, -0.2) is 0 Å². The van der Waals surface area contributed by atoms with E-state index in [9.17, 15) is 9.90 Å². The van der Waals surface area contributed by atoms with Gasteiger partial charge in [0.1, 0.15) is 6.10 Å². The minimum Gasteiger partial charge on any atom is -0.384 e. The fourth-order valence-corrected chi connectivity index (χ4v) is 0.538. The van der Waals surface area contributed by atoms with Crippen molar-refractivity contribution in [3.63, 3.8) is 0 Å². The summed E-state index contributed by atoms with van der Waals surface area (Å²) in [5, 5.41) is 9.23. The Kier molecular flexibility index (Phi) is 2.78. The second-order valence-corrected chi connectivity index (χ2v) is 3.38. The zero-order valence-corrected chi connectivity index (χ0v) is 6.72. The molecule has 0 rings (SSSR count). The number of rotatable bonds is 2. The number of aliphatic hydroxyl groups is 1. The van der Waals surface area contributed by atoms with Crippen molar-refractivity contribution in [2.45, 2.75) is 26.9 Å². The Labute approximate surface area is 61.6 Å². The van der Waals surface area contributed by atoms with Gasteiger partial charge in [-0.2, -0.15) is 0 Å². The molecule has 0 aromatic rings. The molecule has 0 spiro atoms. The minimum atomic E-state index is -0.926. The van der Waals surface area contributed by atoms with E-state index in [4.69, 9.17) is 0 Å². The summed E-state index contributed by atoms with van der Waals surface area (Å²) < 4.78 is 0. The molecule has 0 heterocycles. The normalized spacial score (nSPS) is 14.4.